The molecular weight excluding hydrogens is 348 g/mol. The molecule has 0 aliphatic heterocycles. The van der Waals surface area contributed by atoms with Crippen LogP contribution < -0.4 is 0 Å². The topological polar surface area (TPSA) is 0 Å². The van der Waals surface area contributed by atoms with Crippen LogP contribution in [-0.2, 0) is 10.8 Å². The summed E-state index contributed by atoms with van der Waals surface area (Å²) >= 11 is 0. The second-order valence-corrected chi connectivity index (χ2v) is 7.79. The summed E-state index contributed by atoms with van der Waals surface area (Å²) < 4.78 is 0. The fourth-order valence-electron chi connectivity index (χ4n) is 5.29. The van der Waals surface area contributed by atoms with Gasteiger partial charge in [-0.3, -0.25) is 0 Å². The zero-order chi connectivity index (χ0) is 19.6. The van der Waals surface area contributed by atoms with Gasteiger partial charge in [0, 0.05) is 16.7 Å². The van der Waals surface area contributed by atoms with Crippen molar-refractivity contribution in [2.24, 2.45) is 5.92 Å². The zero-order valence-corrected chi connectivity index (χ0v) is 16.4. The van der Waals surface area contributed by atoms with E-state index in [9.17, 15) is 0 Å². The lowest BCUT2D eigenvalue weighted by atomic mass is 9.50. The molecule has 0 saturated heterocycles. The van der Waals surface area contributed by atoms with Gasteiger partial charge in [0.05, 0.1) is 0 Å². The van der Waals surface area contributed by atoms with E-state index in [2.05, 4.69) is 140 Å². The fourth-order valence-corrected chi connectivity index (χ4v) is 5.29. The van der Waals surface area contributed by atoms with Crippen molar-refractivity contribution >= 4 is 0 Å². The Morgan fingerprint density at radius 1 is 0.517 bits per heavy atom. The molecule has 0 fully saturated rings. The first-order chi connectivity index (χ1) is 14.4. The number of allylic oxidation sites excluding steroid dienone is 8. The van der Waals surface area contributed by atoms with E-state index in [0.29, 0.717) is 0 Å². The molecule has 5 rings (SSSR count). The van der Waals surface area contributed by atoms with E-state index in [1.165, 1.54) is 16.7 Å². The van der Waals surface area contributed by atoms with Crippen molar-refractivity contribution in [3.05, 3.63) is 156 Å². The SMILES string of the molecule is C1=CC(C(c2ccccc2)(c2ccccc2)C2(c3ccccc3)C=CC=C2)C=C1. The molecule has 140 valence electrons. The van der Waals surface area contributed by atoms with Crippen LogP contribution in [0, 0.1) is 5.92 Å². The lowest BCUT2D eigenvalue weighted by Crippen LogP contribution is -2.51. The van der Waals surface area contributed by atoms with E-state index >= 15 is 0 Å². The Hall–Kier alpha value is -3.38. The van der Waals surface area contributed by atoms with Gasteiger partial charge in [0.2, 0.25) is 0 Å². The Bertz CT molecular complexity index is 1020. The molecular formula is C29H24. The summed E-state index contributed by atoms with van der Waals surface area (Å²) in [6.45, 7) is 0. The predicted molar refractivity (Wildman–Crippen MR) is 122 cm³/mol. The highest BCUT2D eigenvalue weighted by atomic mass is 14.6. The smallest absolute Gasteiger partial charge is 0.0466 e. The average molecular weight is 373 g/mol. The minimum atomic E-state index is -0.302. The molecule has 0 aromatic heterocycles. The summed E-state index contributed by atoms with van der Waals surface area (Å²) in [5.41, 5.74) is 3.37. The van der Waals surface area contributed by atoms with Crippen LogP contribution in [0.3, 0.4) is 0 Å². The summed E-state index contributed by atoms with van der Waals surface area (Å²) in [6, 6.07) is 33.0. The number of hydrogen-bond acceptors (Lipinski definition) is 0. The fraction of sp³-hybridized carbons (Fsp3) is 0.103. The first-order valence-electron chi connectivity index (χ1n) is 10.3. The Labute approximate surface area is 173 Å². The first-order valence-corrected chi connectivity index (χ1v) is 10.3. The van der Waals surface area contributed by atoms with Crippen molar-refractivity contribution in [3.63, 3.8) is 0 Å². The molecule has 0 bridgehead atoms. The summed E-state index contributed by atoms with van der Waals surface area (Å²) in [7, 11) is 0. The van der Waals surface area contributed by atoms with Gasteiger partial charge in [-0.15, -0.1) is 0 Å². The van der Waals surface area contributed by atoms with Crippen molar-refractivity contribution in [2.75, 3.05) is 0 Å². The highest BCUT2D eigenvalue weighted by molar-refractivity contribution is 5.60. The van der Waals surface area contributed by atoms with Gasteiger partial charge < -0.3 is 0 Å². The van der Waals surface area contributed by atoms with Crippen LogP contribution in [0.2, 0.25) is 0 Å². The molecule has 0 heterocycles. The Morgan fingerprint density at radius 2 is 0.966 bits per heavy atom. The highest BCUT2D eigenvalue weighted by Gasteiger charge is 2.55. The second kappa shape index (κ2) is 7.22. The van der Waals surface area contributed by atoms with Gasteiger partial charge in [0.25, 0.3) is 0 Å². The largest absolute Gasteiger partial charge is 0.0763 e. The first kappa shape index (κ1) is 17.7. The van der Waals surface area contributed by atoms with Crippen LogP contribution in [0.1, 0.15) is 16.7 Å². The predicted octanol–water partition coefficient (Wildman–Crippen LogP) is 6.78. The van der Waals surface area contributed by atoms with Gasteiger partial charge in [0.1, 0.15) is 0 Å². The third-order valence-corrected chi connectivity index (χ3v) is 6.44. The van der Waals surface area contributed by atoms with Crippen LogP contribution >= 0.6 is 0 Å². The summed E-state index contributed by atoms with van der Waals surface area (Å²) in [5.74, 6) is 0.236. The summed E-state index contributed by atoms with van der Waals surface area (Å²) in [5, 5.41) is 0. The number of benzene rings is 3. The van der Waals surface area contributed by atoms with E-state index in [1.54, 1.807) is 0 Å². The van der Waals surface area contributed by atoms with Crippen molar-refractivity contribution < 1.29 is 0 Å². The molecule has 0 radical (unpaired) electrons. The van der Waals surface area contributed by atoms with Gasteiger partial charge in [-0.25, -0.2) is 0 Å². The van der Waals surface area contributed by atoms with Gasteiger partial charge >= 0.3 is 0 Å². The molecule has 2 aliphatic rings. The lowest BCUT2D eigenvalue weighted by Gasteiger charge is -2.51. The van der Waals surface area contributed by atoms with Crippen LogP contribution in [-0.4, -0.2) is 0 Å². The average Bonchev–Trinajstić information content (AvgIpc) is 3.51. The van der Waals surface area contributed by atoms with E-state index in [-0.39, 0.29) is 16.7 Å². The molecule has 29 heavy (non-hydrogen) atoms. The summed E-state index contributed by atoms with van der Waals surface area (Å²) in [4.78, 5) is 0. The normalized spacial score (nSPS) is 17.2. The molecule has 0 nitrogen and oxygen atoms in total. The Kier molecular flexibility index (Phi) is 4.41. The maximum absolute atomic E-state index is 2.39. The maximum Gasteiger partial charge on any atom is 0.0466 e. The molecule has 0 N–H and O–H groups in total. The Balaban J connectivity index is 1.92. The van der Waals surface area contributed by atoms with Gasteiger partial charge in [0.15, 0.2) is 0 Å². The van der Waals surface area contributed by atoms with Gasteiger partial charge in [-0.05, 0) is 16.7 Å². The van der Waals surface area contributed by atoms with E-state index in [4.69, 9.17) is 0 Å². The van der Waals surface area contributed by atoms with E-state index in [1.807, 2.05) is 0 Å². The molecule has 2 aliphatic carbocycles. The molecule has 0 saturated carbocycles. The van der Waals surface area contributed by atoms with Crippen LogP contribution in [0.5, 0.6) is 0 Å². The van der Waals surface area contributed by atoms with Crippen LogP contribution in [0.15, 0.2) is 140 Å². The second-order valence-electron chi connectivity index (χ2n) is 7.79. The van der Waals surface area contributed by atoms with Crippen LogP contribution in [0.4, 0.5) is 0 Å². The Morgan fingerprint density at radius 3 is 1.45 bits per heavy atom. The van der Waals surface area contributed by atoms with Crippen molar-refractivity contribution in [2.45, 2.75) is 10.8 Å². The highest BCUT2D eigenvalue weighted by Crippen LogP contribution is 2.57. The quantitative estimate of drug-likeness (QED) is 0.463. The molecule has 0 heteroatoms. The minimum absolute atomic E-state index is 0.236. The maximum atomic E-state index is 2.39. The third-order valence-electron chi connectivity index (χ3n) is 6.44. The van der Waals surface area contributed by atoms with Crippen molar-refractivity contribution in [1.29, 1.82) is 0 Å². The molecule has 3 aromatic carbocycles. The van der Waals surface area contributed by atoms with E-state index in [0.717, 1.165) is 0 Å². The minimum Gasteiger partial charge on any atom is -0.0763 e. The lowest BCUT2D eigenvalue weighted by molar-refractivity contribution is 0.330. The third kappa shape index (κ3) is 2.60. The van der Waals surface area contributed by atoms with Crippen LogP contribution in [0.25, 0.3) is 0 Å². The standard InChI is InChI=1S/C29H24/c1-4-14-24(15-5-1)28(22-12-13-23-28)29(27-20-10-11-21-27,25-16-6-2-7-17-25)26-18-8-3-9-19-26/h1-23,27H. The van der Waals surface area contributed by atoms with Crippen molar-refractivity contribution in [3.8, 4) is 0 Å². The zero-order valence-electron chi connectivity index (χ0n) is 16.4. The molecule has 0 atom stereocenters. The molecule has 0 spiro atoms. The van der Waals surface area contributed by atoms with Crippen molar-refractivity contribution in [1.82, 2.24) is 0 Å². The number of rotatable bonds is 5. The molecule has 0 amide bonds. The van der Waals surface area contributed by atoms with Gasteiger partial charge in [-0.1, -0.05) is 140 Å². The summed E-state index contributed by atoms with van der Waals surface area (Å²) in [6.07, 6.45) is 18.3. The van der Waals surface area contributed by atoms with Gasteiger partial charge in [-0.2, -0.15) is 0 Å². The molecule has 3 aromatic rings. The molecule has 0 unspecified atom stereocenters. The monoisotopic (exact) mass is 372 g/mol. The number of hydrogen-bond donors (Lipinski definition) is 0. The van der Waals surface area contributed by atoms with E-state index < -0.39 is 0 Å².